The van der Waals surface area contributed by atoms with Crippen molar-refractivity contribution < 1.29 is 9.47 Å². The van der Waals surface area contributed by atoms with E-state index in [-0.39, 0.29) is 0 Å². The fraction of sp³-hybridized carbons (Fsp3) is 0.152. The number of nitrogens with zero attached hydrogens (tertiary/aromatic N) is 8. The molecule has 0 spiro atoms. The van der Waals surface area contributed by atoms with Gasteiger partial charge in [0.2, 0.25) is 0 Å². The summed E-state index contributed by atoms with van der Waals surface area (Å²) in [4.78, 5) is 0. The van der Waals surface area contributed by atoms with Crippen molar-refractivity contribution in [1.82, 2.24) is 0 Å². The van der Waals surface area contributed by atoms with E-state index in [0.717, 1.165) is 90.8 Å². The Balaban J connectivity index is 0.740. The average Bonchev–Trinajstić information content (AvgIpc) is 3.49. The van der Waals surface area contributed by atoms with Gasteiger partial charge in [-0.2, -0.15) is 10.2 Å². The molecule has 0 amide bonds. The summed E-state index contributed by atoms with van der Waals surface area (Å²) in [5, 5.41) is 40.8. The standard InChI is InChI=1S/C66H58N8O2/c1-3-5-15-47-29-37-53(38-30-47)67-69-59-41-43-61(57-19-9-7-17-55(57)59)71-73-63-21-11-13-23-65(63)75-45-49-25-33-51(34-26-49)52-35-27-50(28-36-52)46-76-66-24-14-12-22-64(66)74-72-62-44-42-60(56-18-8-10-20-58(56)62)70-68-54-39-31-48(32-40-54)16-6-4-2/h7-14,17-44H,3-6,15-16,45-46H2,1-2H3. The van der Waals surface area contributed by atoms with E-state index >= 15 is 0 Å². The summed E-state index contributed by atoms with van der Waals surface area (Å²) < 4.78 is 12.7. The number of ether oxygens (including phenoxy) is 2. The lowest BCUT2D eigenvalue weighted by molar-refractivity contribution is 0.307. The van der Waals surface area contributed by atoms with Gasteiger partial charge in [-0.25, -0.2) is 0 Å². The first-order valence-corrected chi connectivity index (χ1v) is 26.1. The Morgan fingerprint density at radius 1 is 0.276 bits per heavy atom. The van der Waals surface area contributed by atoms with Gasteiger partial charge in [0, 0.05) is 21.5 Å². The molecule has 0 aliphatic heterocycles. The zero-order valence-corrected chi connectivity index (χ0v) is 42.8. The molecular weight excluding hydrogens is 937 g/mol. The first-order valence-electron chi connectivity index (χ1n) is 26.1. The van der Waals surface area contributed by atoms with Crippen LogP contribution in [-0.2, 0) is 26.1 Å². The van der Waals surface area contributed by atoms with Crippen LogP contribution in [-0.4, -0.2) is 0 Å². The molecule has 10 rings (SSSR count). The highest BCUT2D eigenvalue weighted by Gasteiger charge is 2.11. The van der Waals surface area contributed by atoms with E-state index in [1.807, 2.05) is 146 Å². The lowest BCUT2D eigenvalue weighted by Crippen LogP contribution is -1.96. The Hall–Kier alpha value is -9.28. The molecule has 10 aromatic carbocycles. The van der Waals surface area contributed by atoms with Crippen molar-refractivity contribution in [2.24, 2.45) is 40.9 Å². The van der Waals surface area contributed by atoms with E-state index in [0.29, 0.717) is 36.1 Å². The Morgan fingerprint density at radius 2 is 0.579 bits per heavy atom. The van der Waals surface area contributed by atoms with Crippen molar-refractivity contribution >= 4 is 67.0 Å². The molecule has 0 aliphatic carbocycles. The van der Waals surface area contributed by atoms with Crippen molar-refractivity contribution in [3.8, 4) is 22.6 Å². The van der Waals surface area contributed by atoms with Gasteiger partial charge < -0.3 is 9.47 Å². The van der Waals surface area contributed by atoms with Gasteiger partial charge >= 0.3 is 0 Å². The number of hydrogen-bond acceptors (Lipinski definition) is 10. The second kappa shape index (κ2) is 25.1. The van der Waals surface area contributed by atoms with E-state index in [1.165, 1.54) is 36.8 Å². The van der Waals surface area contributed by atoms with Gasteiger partial charge in [0.15, 0.2) is 0 Å². The van der Waals surface area contributed by atoms with Gasteiger partial charge in [0.05, 0.1) is 34.1 Å². The van der Waals surface area contributed by atoms with E-state index in [4.69, 9.17) is 19.7 Å². The van der Waals surface area contributed by atoms with Crippen molar-refractivity contribution in [2.75, 3.05) is 0 Å². The topological polar surface area (TPSA) is 117 Å². The zero-order chi connectivity index (χ0) is 51.7. The molecule has 10 aromatic rings. The van der Waals surface area contributed by atoms with Crippen LogP contribution in [0.4, 0.5) is 45.5 Å². The van der Waals surface area contributed by atoms with Gasteiger partial charge in [0.1, 0.15) is 36.1 Å². The number of hydrogen-bond donors (Lipinski definition) is 0. The van der Waals surface area contributed by atoms with Crippen molar-refractivity contribution in [2.45, 2.75) is 65.6 Å². The molecule has 0 aromatic heterocycles. The SMILES string of the molecule is CCCCc1ccc(N=Nc2ccc(N=Nc3ccccc3OCc3ccc(-c4ccc(COc5ccccc5N=Nc5ccc(N=Nc6ccc(CCCC)cc6)c6ccccc56)cc4)cc3)c3ccccc23)cc1. The lowest BCUT2D eigenvalue weighted by Gasteiger charge is -2.10. The van der Waals surface area contributed by atoms with Crippen LogP contribution in [0.3, 0.4) is 0 Å². The summed E-state index contributed by atoms with van der Waals surface area (Å²) >= 11 is 0. The van der Waals surface area contributed by atoms with Crippen LogP contribution < -0.4 is 9.47 Å². The predicted molar refractivity (Wildman–Crippen MR) is 308 cm³/mol. The molecule has 10 nitrogen and oxygen atoms in total. The van der Waals surface area contributed by atoms with Crippen molar-refractivity contribution in [1.29, 1.82) is 0 Å². The summed E-state index contributed by atoms with van der Waals surface area (Å²) in [5.74, 6) is 1.29. The molecule has 0 heterocycles. The van der Waals surface area contributed by atoms with Crippen molar-refractivity contribution in [3.63, 3.8) is 0 Å². The van der Waals surface area contributed by atoms with E-state index in [1.54, 1.807) is 0 Å². The second-order valence-electron chi connectivity index (χ2n) is 18.5. The molecule has 0 fully saturated rings. The Kier molecular flexibility index (Phi) is 16.6. The van der Waals surface area contributed by atoms with Gasteiger partial charge in [-0.05, 0) is 132 Å². The predicted octanol–water partition coefficient (Wildman–Crippen LogP) is 21.2. The van der Waals surface area contributed by atoms with Crippen LogP contribution in [0.15, 0.2) is 259 Å². The molecule has 0 radical (unpaired) electrons. The first kappa shape index (κ1) is 50.3. The summed E-state index contributed by atoms with van der Waals surface area (Å²) in [6, 6.07) is 72.7. The van der Waals surface area contributed by atoms with Crippen LogP contribution >= 0.6 is 0 Å². The fourth-order valence-electron chi connectivity index (χ4n) is 8.78. The minimum Gasteiger partial charge on any atom is -0.487 e. The molecule has 0 saturated heterocycles. The maximum absolute atomic E-state index is 6.33. The van der Waals surface area contributed by atoms with Crippen LogP contribution in [0.25, 0.3) is 32.7 Å². The third-order valence-electron chi connectivity index (χ3n) is 13.1. The molecular formula is C66H58N8O2. The zero-order valence-electron chi connectivity index (χ0n) is 42.8. The lowest BCUT2D eigenvalue weighted by atomic mass is 10.0. The van der Waals surface area contributed by atoms with E-state index < -0.39 is 0 Å². The highest BCUT2D eigenvalue weighted by molar-refractivity contribution is 6.00. The van der Waals surface area contributed by atoms with Gasteiger partial charge in [-0.1, -0.05) is 172 Å². The number of para-hydroxylation sites is 2. The largest absolute Gasteiger partial charge is 0.487 e. The third kappa shape index (κ3) is 12.9. The number of azo groups is 4. The highest BCUT2D eigenvalue weighted by Crippen LogP contribution is 2.39. The summed E-state index contributed by atoms with van der Waals surface area (Å²) in [7, 11) is 0. The Morgan fingerprint density at radius 3 is 0.934 bits per heavy atom. The maximum atomic E-state index is 6.33. The third-order valence-corrected chi connectivity index (χ3v) is 13.1. The maximum Gasteiger partial charge on any atom is 0.147 e. The van der Waals surface area contributed by atoms with Crippen LogP contribution in [0.1, 0.15) is 61.8 Å². The monoisotopic (exact) mass is 994 g/mol. The molecule has 10 heteroatoms. The van der Waals surface area contributed by atoms with Gasteiger partial charge in [-0.3, -0.25) is 0 Å². The van der Waals surface area contributed by atoms with Crippen LogP contribution in [0.5, 0.6) is 11.5 Å². The fourth-order valence-corrected chi connectivity index (χ4v) is 8.78. The Bertz CT molecular complexity index is 3420. The Labute approximate surface area is 444 Å². The minimum absolute atomic E-state index is 0.374. The average molecular weight is 995 g/mol. The number of unbranched alkanes of at least 4 members (excludes halogenated alkanes) is 2. The molecule has 0 aliphatic rings. The van der Waals surface area contributed by atoms with Crippen LogP contribution in [0, 0.1) is 0 Å². The van der Waals surface area contributed by atoms with Gasteiger partial charge in [0.25, 0.3) is 0 Å². The molecule has 0 N–H and O–H groups in total. The highest BCUT2D eigenvalue weighted by atomic mass is 16.5. The summed E-state index contributed by atoms with van der Waals surface area (Å²) in [5.41, 5.74) is 12.8. The molecule has 374 valence electrons. The molecule has 0 unspecified atom stereocenters. The molecule has 0 atom stereocenters. The van der Waals surface area contributed by atoms with Crippen molar-refractivity contribution in [3.05, 3.63) is 241 Å². The second-order valence-corrected chi connectivity index (χ2v) is 18.5. The minimum atomic E-state index is 0.374. The van der Waals surface area contributed by atoms with E-state index in [9.17, 15) is 0 Å². The molecule has 0 bridgehead atoms. The number of benzene rings is 10. The normalized spacial score (nSPS) is 11.8. The van der Waals surface area contributed by atoms with E-state index in [2.05, 4.69) is 117 Å². The summed E-state index contributed by atoms with van der Waals surface area (Å²) in [6.45, 7) is 5.17. The quantitative estimate of drug-likeness (QED) is 0.0667. The number of aryl methyl sites for hydroxylation is 2. The van der Waals surface area contributed by atoms with Gasteiger partial charge in [-0.15, -0.1) is 30.7 Å². The number of fused-ring (bicyclic) bond motifs is 2. The van der Waals surface area contributed by atoms with Crippen LogP contribution in [0.2, 0.25) is 0 Å². The summed E-state index contributed by atoms with van der Waals surface area (Å²) in [6.07, 6.45) is 6.86. The smallest absolute Gasteiger partial charge is 0.147 e. The molecule has 76 heavy (non-hydrogen) atoms. The first-order chi connectivity index (χ1) is 37.6. The number of rotatable bonds is 21. The molecule has 0 saturated carbocycles.